The van der Waals surface area contributed by atoms with Gasteiger partial charge in [0.15, 0.2) is 0 Å². The highest BCUT2D eigenvalue weighted by Crippen LogP contribution is 2.23. The first-order chi connectivity index (χ1) is 15.6. The Labute approximate surface area is 202 Å². The molecule has 10 heteroatoms. The highest BCUT2D eigenvalue weighted by atomic mass is 79.9. The van der Waals surface area contributed by atoms with Gasteiger partial charge in [0, 0.05) is 27.1 Å². The molecule has 2 aromatic carbocycles. The Kier molecular flexibility index (Phi) is 7.60. The van der Waals surface area contributed by atoms with Crippen molar-refractivity contribution in [2.45, 2.75) is 13.8 Å². The molecule has 8 nitrogen and oxygen atoms in total. The van der Waals surface area contributed by atoms with Crippen molar-refractivity contribution in [3.8, 4) is 11.4 Å². The van der Waals surface area contributed by atoms with Crippen LogP contribution in [-0.2, 0) is 14.8 Å². The van der Waals surface area contributed by atoms with Crippen LogP contribution in [0, 0.1) is 13.8 Å². The molecule has 1 aromatic heterocycles. The second-order valence-corrected chi connectivity index (χ2v) is 10.2. The summed E-state index contributed by atoms with van der Waals surface area (Å²) in [6.45, 7) is 3.55. The van der Waals surface area contributed by atoms with Gasteiger partial charge < -0.3 is 9.30 Å². The zero-order chi connectivity index (χ0) is 24.2. The molecule has 0 saturated heterocycles. The fraction of sp³-hybridized carbons (Fsp3) is 0.217. The van der Waals surface area contributed by atoms with Crippen LogP contribution in [0.1, 0.15) is 17.0 Å². The number of methoxy groups -OCH3 is 1. The standard InChI is InChI=1S/C23H25BrN4O4S/c1-16-12-18(17(2)28(16)21-7-5-6-19(24)13-21)14-25-26-23(29)15-27(33(4,30)31)20-8-10-22(32-3)11-9-20/h5-14H,15H2,1-4H3,(H,26,29)/b25-14+. The summed E-state index contributed by atoms with van der Waals surface area (Å²) in [4.78, 5) is 12.4. The van der Waals surface area contributed by atoms with Crippen LogP contribution < -0.4 is 14.5 Å². The molecule has 1 amide bonds. The normalized spacial score (nSPS) is 11.5. The maximum absolute atomic E-state index is 12.4. The molecule has 1 heterocycles. The lowest BCUT2D eigenvalue weighted by atomic mass is 10.2. The predicted octanol–water partition coefficient (Wildman–Crippen LogP) is 3.78. The summed E-state index contributed by atoms with van der Waals surface area (Å²) < 4.78 is 33.6. The number of nitrogens with one attached hydrogen (secondary N) is 1. The van der Waals surface area contributed by atoms with Crippen LogP contribution >= 0.6 is 15.9 Å². The van der Waals surface area contributed by atoms with Gasteiger partial charge >= 0.3 is 0 Å². The van der Waals surface area contributed by atoms with E-state index >= 15 is 0 Å². The Bertz CT molecular complexity index is 1280. The number of hydrazone groups is 1. The SMILES string of the molecule is COc1ccc(N(CC(=O)N/N=C/c2cc(C)n(-c3cccc(Br)c3)c2C)S(C)(=O)=O)cc1. The first-order valence-corrected chi connectivity index (χ1v) is 12.6. The molecule has 3 aromatic rings. The first-order valence-electron chi connectivity index (χ1n) is 9.98. The number of anilines is 1. The maximum Gasteiger partial charge on any atom is 0.260 e. The summed E-state index contributed by atoms with van der Waals surface area (Å²) in [6, 6.07) is 16.3. The van der Waals surface area contributed by atoms with Crippen molar-refractivity contribution in [1.82, 2.24) is 9.99 Å². The smallest absolute Gasteiger partial charge is 0.260 e. The fourth-order valence-corrected chi connectivity index (χ4v) is 4.66. The number of aryl methyl sites for hydroxylation is 1. The van der Waals surface area contributed by atoms with Crippen molar-refractivity contribution in [1.29, 1.82) is 0 Å². The Morgan fingerprint density at radius 2 is 1.88 bits per heavy atom. The minimum absolute atomic E-state index is 0.356. The number of rotatable bonds is 8. The molecule has 1 N–H and O–H groups in total. The van der Waals surface area contributed by atoms with E-state index in [0.29, 0.717) is 11.4 Å². The average molecular weight is 533 g/mol. The molecule has 33 heavy (non-hydrogen) atoms. The van der Waals surface area contributed by atoms with Crippen molar-refractivity contribution in [2.24, 2.45) is 5.10 Å². The third-order valence-corrected chi connectivity index (χ3v) is 6.61. The molecule has 0 spiro atoms. The molecule has 0 aliphatic carbocycles. The van der Waals surface area contributed by atoms with E-state index in [1.807, 2.05) is 44.2 Å². The summed E-state index contributed by atoms with van der Waals surface area (Å²) in [5.41, 5.74) is 6.59. The monoisotopic (exact) mass is 532 g/mol. The zero-order valence-electron chi connectivity index (χ0n) is 18.7. The quantitative estimate of drug-likeness (QED) is 0.353. The van der Waals surface area contributed by atoms with Gasteiger partial charge in [0.1, 0.15) is 12.3 Å². The van der Waals surface area contributed by atoms with Gasteiger partial charge in [0.05, 0.1) is 25.3 Å². The van der Waals surface area contributed by atoms with Crippen molar-refractivity contribution < 1.29 is 17.9 Å². The first kappa shape index (κ1) is 24.5. The Morgan fingerprint density at radius 3 is 2.48 bits per heavy atom. The summed E-state index contributed by atoms with van der Waals surface area (Å²) in [7, 11) is -2.16. The molecule has 0 saturated carbocycles. The molecule has 0 aliphatic rings. The number of carbonyl (C=O) groups excluding carboxylic acids is 1. The van der Waals surface area contributed by atoms with Gasteiger partial charge in [0.2, 0.25) is 10.0 Å². The Balaban J connectivity index is 1.73. The lowest BCUT2D eigenvalue weighted by Crippen LogP contribution is -2.39. The molecule has 0 unspecified atom stereocenters. The maximum atomic E-state index is 12.4. The summed E-state index contributed by atoms with van der Waals surface area (Å²) in [5, 5.41) is 4.04. The number of ether oxygens (including phenoxy) is 1. The number of carbonyl (C=O) groups is 1. The van der Waals surface area contributed by atoms with Gasteiger partial charge in [-0.1, -0.05) is 22.0 Å². The third-order valence-electron chi connectivity index (χ3n) is 4.98. The largest absolute Gasteiger partial charge is 0.497 e. The number of sulfonamides is 1. The molecular weight excluding hydrogens is 508 g/mol. The minimum Gasteiger partial charge on any atom is -0.497 e. The van der Waals surface area contributed by atoms with Gasteiger partial charge in [-0.25, -0.2) is 13.8 Å². The van der Waals surface area contributed by atoms with Crippen LogP contribution in [0.5, 0.6) is 5.75 Å². The number of hydrogen-bond acceptors (Lipinski definition) is 5. The Morgan fingerprint density at radius 1 is 1.18 bits per heavy atom. The van der Waals surface area contributed by atoms with Crippen LogP contribution in [-0.4, -0.2) is 45.0 Å². The zero-order valence-corrected chi connectivity index (χ0v) is 21.1. The van der Waals surface area contributed by atoms with Crippen molar-refractivity contribution in [3.05, 3.63) is 76.0 Å². The second-order valence-electron chi connectivity index (χ2n) is 7.40. The predicted molar refractivity (Wildman–Crippen MR) is 134 cm³/mol. The number of benzene rings is 2. The number of nitrogens with zero attached hydrogens (tertiary/aromatic N) is 3. The van der Waals surface area contributed by atoms with Crippen LogP contribution in [0.4, 0.5) is 5.69 Å². The molecule has 3 rings (SSSR count). The van der Waals surface area contributed by atoms with Crippen molar-refractivity contribution >= 4 is 43.8 Å². The minimum atomic E-state index is -3.68. The molecular formula is C23H25BrN4O4S. The lowest BCUT2D eigenvalue weighted by Gasteiger charge is -2.21. The topological polar surface area (TPSA) is 93.0 Å². The lowest BCUT2D eigenvalue weighted by molar-refractivity contribution is -0.119. The highest BCUT2D eigenvalue weighted by molar-refractivity contribution is 9.10. The fourth-order valence-electron chi connectivity index (χ4n) is 3.42. The van der Waals surface area contributed by atoms with Gasteiger partial charge in [-0.05, 0) is 62.4 Å². The van der Waals surface area contributed by atoms with E-state index in [1.54, 1.807) is 30.5 Å². The van der Waals surface area contributed by atoms with Crippen LogP contribution in [0.3, 0.4) is 0 Å². The van der Waals surface area contributed by atoms with Gasteiger partial charge in [-0.2, -0.15) is 5.10 Å². The van der Waals surface area contributed by atoms with Crippen LogP contribution in [0.15, 0.2) is 64.2 Å². The van der Waals surface area contributed by atoms with Crippen LogP contribution in [0.25, 0.3) is 5.69 Å². The third kappa shape index (κ3) is 6.02. The van der Waals surface area contributed by atoms with E-state index in [0.717, 1.165) is 37.7 Å². The van der Waals surface area contributed by atoms with E-state index in [-0.39, 0.29) is 0 Å². The van der Waals surface area contributed by atoms with Crippen molar-refractivity contribution in [3.63, 3.8) is 0 Å². The number of amides is 1. The molecule has 174 valence electrons. The van der Waals surface area contributed by atoms with Gasteiger partial charge in [0.25, 0.3) is 5.91 Å². The highest BCUT2D eigenvalue weighted by Gasteiger charge is 2.20. The molecule has 0 atom stereocenters. The van der Waals surface area contributed by atoms with E-state index in [2.05, 4.69) is 31.0 Å². The molecule has 0 radical (unpaired) electrons. The second kappa shape index (κ2) is 10.2. The average Bonchev–Trinajstić information content (AvgIpc) is 3.04. The number of halogens is 1. The summed E-state index contributed by atoms with van der Waals surface area (Å²) in [6.07, 6.45) is 2.59. The molecule has 0 aliphatic heterocycles. The van der Waals surface area contributed by atoms with Gasteiger partial charge in [-0.3, -0.25) is 9.10 Å². The van der Waals surface area contributed by atoms with Gasteiger partial charge in [-0.15, -0.1) is 0 Å². The van der Waals surface area contributed by atoms with E-state index < -0.39 is 22.5 Å². The summed E-state index contributed by atoms with van der Waals surface area (Å²) in [5.74, 6) is 0.0232. The summed E-state index contributed by atoms with van der Waals surface area (Å²) >= 11 is 3.49. The number of hydrogen-bond donors (Lipinski definition) is 1. The van der Waals surface area contributed by atoms with E-state index in [4.69, 9.17) is 4.74 Å². The van der Waals surface area contributed by atoms with Crippen molar-refractivity contribution in [2.75, 3.05) is 24.2 Å². The van der Waals surface area contributed by atoms with E-state index in [1.165, 1.54) is 7.11 Å². The molecule has 0 bridgehead atoms. The van der Waals surface area contributed by atoms with E-state index in [9.17, 15) is 13.2 Å². The molecule has 0 fully saturated rings. The number of aromatic nitrogens is 1. The van der Waals surface area contributed by atoms with Crippen LogP contribution in [0.2, 0.25) is 0 Å². The Hall–Kier alpha value is -3.11.